The molecule has 0 aromatic carbocycles. The molecule has 0 amide bonds. The summed E-state index contributed by atoms with van der Waals surface area (Å²) < 4.78 is 31.4. The minimum absolute atomic E-state index is 0.0771. The highest BCUT2D eigenvalue weighted by Gasteiger charge is 2.22. The van der Waals surface area contributed by atoms with Crippen LogP contribution >= 0.6 is 12.2 Å². The number of pyridine rings is 1. The minimum atomic E-state index is -3.64. The van der Waals surface area contributed by atoms with Crippen molar-refractivity contribution in [2.45, 2.75) is 18.4 Å². The first-order chi connectivity index (χ1) is 9.80. The Bertz CT molecular complexity index is 751. The third-order valence-electron chi connectivity index (χ3n) is 2.87. The number of hydrogen-bond donors (Lipinski definition) is 1. The van der Waals surface area contributed by atoms with Crippen molar-refractivity contribution in [1.29, 1.82) is 0 Å². The van der Waals surface area contributed by atoms with Crippen LogP contribution in [0.2, 0.25) is 0 Å². The molecule has 21 heavy (non-hydrogen) atoms. The van der Waals surface area contributed by atoms with Crippen molar-refractivity contribution in [1.82, 2.24) is 9.29 Å². The lowest BCUT2D eigenvalue weighted by Crippen LogP contribution is -2.26. The van der Waals surface area contributed by atoms with Gasteiger partial charge in [0.15, 0.2) is 0 Å². The molecule has 112 valence electrons. The van der Waals surface area contributed by atoms with E-state index in [9.17, 15) is 8.42 Å². The molecule has 6 nitrogen and oxygen atoms in total. The number of rotatable bonds is 5. The first-order valence-electron chi connectivity index (χ1n) is 6.08. The van der Waals surface area contributed by atoms with Gasteiger partial charge in [0.1, 0.15) is 21.4 Å². The average Bonchev–Trinajstić information content (AvgIpc) is 2.84. The van der Waals surface area contributed by atoms with Crippen LogP contribution in [0.3, 0.4) is 0 Å². The van der Waals surface area contributed by atoms with Gasteiger partial charge in [-0.1, -0.05) is 12.2 Å². The normalized spacial score (nSPS) is 11.8. The average molecular weight is 325 g/mol. The molecular formula is C13H15N3O3S2. The van der Waals surface area contributed by atoms with E-state index in [2.05, 4.69) is 4.98 Å². The van der Waals surface area contributed by atoms with Crippen LogP contribution in [0.4, 0.5) is 0 Å². The largest absolute Gasteiger partial charge is 0.465 e. The fourth-order valence-corrected chi connectivity index (χ4v) is 2.94. The summed E-state index contributed by atoms with van der Waals surface area (Å²) in [4.78, 5) is 4.14. The van der Waals surface area contributed by atoms with Gasteiger partial charge in [-0.15, -0.1) is 0 Å². The molecule has 0 radical (unpaired) electrons. The Kier molecular flexibility index (Phi) is 4.40. The molecule has 2 aromatic rings. The standard InChI is InChI=1S/C13H15N3O3S2/c1-9-3-4-10(19-9)8-16(2)21(17,18)11-5-6-12(13(14)20)15-7-11/h3-7H,8H2,1-2H3,(H2,14,20). The third-order valence-corrected chi connectivity index (χ3v) is 4.87. The number of aryl methyl sites for hydroxylation is 1. The maximum atomic E-state index is 12.4. The van der Waals surface area contributed by atoms with E-state index in [1.165, 1.54) is 29.7 Å². The Balaban J connectivity index is 2.22. The number of hydrogen-bond acceptors (Lipinski definition) is 5. The first-order valence-corrected chi connectivity index (χ1v) is 7.93. The zero-order chi connectivity index (χ0) is 15.6. The molecule has 0 saturated carbocycles. The Hall–Kier alpha value is -1.77. The summed E-state index contributed by atoms with van der Waals surface area (Å²) in [6.07, 6.45) is 1.24. The van der Waals surface area contributed by atoms with E-state index in [1.54, 1.807) is 19.1 Å². The molecule has 2 heterocycles. The Morgan fingerprint density at radius 1 is 1.38 bits per heavy atom. The zero-order valence-electron chi connectivity index (χ0n) is 11.6. The zero-order valence-corrected chi connectivity index (χ0v) is 13.2. The van der Waals surface area contributed by atoms with Gasteiger partial charge in [-0.2, -0.15) is 4.31 Å². The maximum Gasteiger partial charge on any atom is 0.244 e. The van der Waals surface area contributed by atoms with Crippen LogP contribution < -0.4 is 5.73 Å². The molecule has 0 fully saturated rings. The SMILES string of the molecule is Cc1ccc(CN(C)S(=O)(=O)c2ccc(C(N)=S)nc2)o1. The highest BCUT2D eigenvalue weighted by molar-refractivity contribution is 7.89. The van der Waals surface area contributed by atoms with Gasteiger partial charge in [0, 0.05) is 13.2 Å². The molecule has 0 bridgehead atoms. The lowest BCUT2D eigenvalue weighted by Gasteiger charge is -2.15. The number of nitrogens with two attached hydrogens (primary N) is 1. The molecule has 0 aliphatic rings. The predicted molar refractivity (Wildman–Crippen MR) is 82.2 cm³/mol. The van der Waals surface area contributed by atoms with Crippen LogP contribution in [0.25, 0.3) is 0 Å². The quantitative estimate of drug-likeness (QED) is 0.837. The fraction of sp³-hybridized carbons (Fsp3) is 0.231. The Morgan fingerprint density at radius 2 is 2.10 bits per heavy atom. The van der Waals surface area contributed by atoms with E-state index in [4.69, 9.17) is 22.4 Å². The van der Waals surface area contributed by atoms with Crippen molar-refractivity contribution in [2.75, 3.05) is 7.05 Å². The Morgan fingerprint density at radius 3 is 2.57 bits per heavy atom. The van der Waals surface area contributed by atoms with Gasteiger partial charge >= 0.3 is 0 Å². The number of thiocarbonyl (C=S) groups is 1. The molecule has 8 heteroatoms. The van der Waals surface area contributed by atoms with Gasteiger partial charge in [0.2, 0.25) is 10.0 Å². The molecule has 2 rings (SSSR count). The van der Waals surface area contributed by atoms with Gasteiger partial charge in [-0.25, -0.2) is 8.42 Å². The number of aromatic nitrogens is 1. The van der Waals surface area contributed by atoms with Gasteiger partial charge < -0.3 is 10.2 Å². The monoisotopic (exact) mass is 325 g/mol. The maximum absolute atomic E-state index is 12.4. The number of sulfonamides is 1. The van der Waals surface area contributed by atoms with Crippen molar-refractivity contribution in [3.8, 4) is 0 Å². The van der Waals surface area contributed by atoms with Gasteiger partial charge in [0.05, 0.1) is 12.2 Å². The van der Waals surface area contributed by atoms with Crippen LogP contribution in [0.1, 0.15) is 17.2 Å². The molecule has 2 aromatic heterocycles. The van der Waals surface area contributed by atoms with Crippen molar-refractivity contribution in [2.24, 2.45) is 5.73 Å². The Labute approximate surface area is 128 Å². The summed E-state index contributed by atoms with van der Waals surface area (Å²) in [7, 11) is -2.16. The highest BCUT2D eigenvalue weighted by Crippen LogP contribution is 2.17. The van der Waals surface area contributed by atoms with Gasteiger partial charge in [0.25, 0.3) is 0 Å². The van der Waals surface area contributed by atoms with Crippen LogP contribution in [0, 0.1) is 6.92 Å². The summed E-state index contributed by atoms with van der Waals surface area (Å²) in [5, 5.41) is 0. The first kappa shape index (κ1) is 15.6. The van der Waals surface area contributed by atoms with Crippen LogP contribution in [0.15, 0.2) is 39.8 Å². The molecule has 0 aliphatic heterocycles. The van der Waals surface area contributed by atoms with Crippen molar-refractivity contribution in [3.63, 3.8) is 0 Å². The number of furan rings is 1. The van der Waals surface area contributed by atoms with E-state index in [1.807, 2.05) is 0 Å². The predicted octanol–water partition coefficient (Wildman–Crippen LogP) is 1.44. The van der Waals surface area contributed by atoms with Crippen LogP contribution in [0.5, 0.6) is 0 Å². The highest BCUT2D eigenvalue weighted by atomic mass is 32.2. The van der Waals surface area contributed by atoms with E-state index in [-0.39, 0.29) is 16.4 Å². The van der Waals surface area contributed by atoms with E-state index in [0.717, 1.165) is 5.76 Å². The summed E-state index contributed by atoms with van der Waals surface area (Å²) >= 11 is 4.78. The fourth-order valence-electron chi connectivity index (χ4n) is 1.73. The molecule has 0 aliphatic carbocycles. The van der Waals surface area contributed by atoms with E-state index in [0.29, 0.717) is 11.5 Å². The molecule has 0 unspecified atom stereocenters. The second-order valence-electron chi connectivity index (χ2n) is 4.52. The second-order valence-corrected chi connectivity index (χ2v) is 7.00. The van der Waals surface area contributed by atoms with Crippen molar-refractivity contribution in [3.05, 3.63) is 47.7 Å². The van der Waals surface area contributed by atoms with E-state index >= 15 is 0 Å². The smallest absolute Gasteiger partial charge is 0.244 e. The summed E-state index contributed by atoms with van der Waals surface area (Å²) in [5.41, 5.74) is 5.82. The lowest BCUT2D eigenvalue weighted by atomic mass is 10.3. The van der Waals surface area contributed by atoms with Gasteiger partial charge in [-0.05, 0) is 31.2 Å². The molecule has 0 spiro atoms. The van der Waals surface area contributed by atoms with E-state index < -0.39 is 10.0 Å². The van der Waals surface area contributed by atoms with Gasteiger partial charge in [-0.3, -0.25) is 4.98 Å². The topological polar surface area (TPSA) is 89.4 Å². The molecule has 0 atom stereocenters. The third kappa shape index (κ3) is 3.46. The van der Waals surface area contributed by atoms with Crippen molar-refractivity contribution >= 4 is 27.2 Å². The summed E-state index contributed by atoms with van der Waals surface area (Å²) in [6, 6.07) is 6.45. The molecule has 0 saturated heterocycles. The summed E-state index contributed by atoms with van der Waals surface area (Å²) in [6.45, 7) is 1.95. The van der Waals surface area contributed by atoms with Crippen molar-refractivity contribution < 1.29 is 12.8 Å². The number of nitrogens with zero attached hydrogens (tertiary/aromatic N) is 2. The van der Waals surface area contributed by atoms with Crippen LogP contribution in [-0.4, -0.2) is 29.7 Å². The van der Waals surface area contributed by atoms with Crippen LogP contribution in [-0.2, 0) is 16.6 Å². The second kappa shape index (κ2) is 5.92. The minimum Gasteiger partial charge on any atom is -0.465 e. The molecular weight excluding hydrogens is 310 g/mol. The lowest BCUT2D eigenvalue weighted by molar-refractivity contribution is 0.397. The molecule has 2 N–H and O–H groups in total. The summed E-state index contributed by atoms with van der Waals surface area (Å²) in [5.74, 6) is 1.31.